The van der Waals surface area contributed by atoms with Gasteiger partial charge in [-0.25, -0.2) is 4.79 Å². The highest BCUT2D eigenvalue weighted by atomic mass is 32.2. The van der Waals surface area contributed by atoms with Crippen LogP contribution in [0.25, 0.3) is 0 Å². The number of nitrogens with one attached hydrogen (secondary N) is 1. The Kier molecular flexibility index (Phi) is 4.38. The Balaban J connectivity index is 2.01. The Morgan fingerprint density at radius 2 is 2.38 bits per heavy atom. The van der Waals surface area contributed by atoms with Crippen molar-refractivity contribution in [2.75, 3.05) is 19.4 Å². The molecule has 0 radical (unpaired) electrons. The van der Waals surface area contributed by atoms with Gasteiger partial charge in [0.05, 0.1) is 6.61 Å². The van der Waals surface area contributed by atoms with E-state index < -0.39 is 0 Å². The van der Waals surface area contributed by atoms with Gasteiger partial charge < -0.3 is 15.2 Å². The zero-order valence-electron chi connectivity index (χ0n) is 7.66. The number of thioether (sulfide) groups is 1. The first-order valence-electron chi connectivity index (χ1n) is 4.37. The van der Waals surface area contributed by atoms with Crippen LogP contribution in [-0.2, 0) is 4.74 Å². The molecule has 0 unspecified atom stereocenters. The molecular formula is C8H15NO3S. The highest BCUT2D eigenvalue weighted by Gasteiger charge is 2.31. The highest BCUT2D eigenvalue weighted by molar-refractivity contribution is 7.99. The third kappa shape index (κ3) is 3.44. The number of aliphatic hydroxyl groups excluding tert-OH is 1. The molecule has 1 amide bonds. The second-order valence-corrected chi connectivity index (χ2v) is 4.37. The molecule has 0 spiro atoms. The first kappa shape index (κ1) is 10.7. The van der Waals surface area contributed by atoms with Gasteiger partial charge in [0, 0.05) is 18.1 Å². The van der Waals surface area contributed by atoms with E-state index in [4.69, 9.17) is 9.84 Å². The van der Waals surface area contributed by atoms with E-state index in [1.807, 2.05) is 0 Å². The lowest BCUT2D eigenvalue weighted by Crippen LogP contribution is -2.37. The van der Waals surface area contributed by atoms with Crippen LogP contribution in [0.4, 0.5) is 4.79 Å². The predicted molar refractivity (Wildman–Crippen MR) is 51.9 cm³/mol. The molecule has 1 aliphatic rings. The number of carbonyl (C=O) groups excluding carboxylic acids is 1. The summed E-state index contributed by atoms with van der Waals surface area (Å²) in [6, 6.07) is 0. The van der Waals surface area contributed by atoms with Crippen molar-refractivity contribution in [1.29, 1.82) is 0 Å². The van der Waals surface area contributed by atoms with E-state index in [1.54, 1.807) is 18.8 Å². The summed E-state index contributed by atoms with van der Waals surface area (Å²) in [7, 11) is 1.55. The van der Waals surface area contributed by atoms with Crippen LogP contribution in [0.3, 0.4) is 0 Å². The van der Waals surface area contributed by atoms with Crippen molar-refractivity contribution in [2.45, 2.75) is 24.2 Å². The summed E-state index contributed by atoms with van der Waals surface area (Å²) in [5, 5.41) is 11.5. The maximum absolute atomic E-state index is 10.8. The van der Waals surface area contributed by atoms with Crippen LogP contribution in [0, 0.1) is 0 Å². The van der Waals surface area contributed by atoms with E-state index in [9.17, 15) is 4.79 Å². The average molecular weight is 205 g/mol. The van der Waals surface area contributed by atoms with Crippen LogP contribution in [0.1, 0.15) is 12.8 Å². The average Bonchev–Trinajstić information content (AvgIpc) is 2.08. The standard InChI is InChI=1S/C8H15NO3S/c1-9-8(11)12-6-4-7(5-6)13-3-2-10/h6-7,10H,2-5H2,1H3,(H,9,11). The molecule has 1 fully saturated rings. The quantitative estimate of drug-likeness (QED) is 0.705. The Labute approximate surface area is 82.0 Å². The van der Waals surface area contributed by atoms with Gasteiger partial charge in [-0.1, -0.05) is 0 Å². The fourth-order valence-corrected chi connectivity index (χ4v) is 2.32. The Bertz CT molecular complexity index is 171. The first-order chi connectivity index (χ1) is 6.26. The van der Waals surface area contributed by atoms with Crippen LogP contribution in [0.5, 0.6) is 0 Å². The third-order valence-electron chi connectivity index (χ3n) is 1.97. The summed E-state index contributed by atoms with van der Waals surface area (Å²) >= 11 is 1.74. The fraction of sp³-hybridized carbons (Fsp3) is 0.875. The van der Waals surface area contributed by atoms with E-state index in [-0.39, 0.29) is 18.8 Å². The number of ether oxygens (including phenoxy) is 1. The van der Waals surface area contributed by atoms with Crippen molar-refractivity contribution in [2.24, 2.45) is 0 Å². The van der Waals surface area contributed by atoms with Gasteiger partial charge >= 0.3 is 6.09 Å². The lowest BCUT2D eigenvalue weighted by Gasteiger charge is -2.33. The molecule has 0 heterocycles. The number of alkyl carbamates (subject to hydrolysis) is 1. The second kappa shape index (κ2) is 5.34. The van der Waals surface area contributed by atoms with Gasteiger partial charge in [-0.3, -0.25) is 0 Å². The smallest absolute Gasteiger partial charge is 0.407 e. The molecule has 76 valence electrons. The molecule has 0 aliphatic heterocycles. The van der Waals surface area contributed by atoms with Crippen molar-refractivity contribution in [1.82, 2.24) is 5.32 Å². The molecular weight excluding hydrogens is 190 g/mol. The zero-order chi connectivity index (χ0) is 9.68. The summed E-state index contributed by atoms with van der Waals surface area (Å²) in [6.07, 6.45) is 1.56. The van der Waals surface area contributed by atoms with Gasteiger partial charge in [-0.05, 0) is 12.8 Å². The van der Waals surface area contributed by atoms with Crippen molar-refractivity contribution in [3.8, 4) is 0 Å². The SMILES string of the molecule is CNC(=O)OC1CC(SCCO)C1. The Hall–Kier alpha value is -0.420. The topological polar surface area (TPSA) is 58.6 Å². The molecule has 1 rings (SSSR count). The van der Waals surface area contributed by atoms with Crippen LogP contribution >= 0.6 is 11.8 Å². The van der Waals surface area contributed by atoms with Crippen molar-refractivity contribution in [3.63, 3.8) is 0 Å². The lowest BCUT2D eigenvalue weighted by molar-refractivity contribution is 0.0575. The van der Waals surface area contributed by atoms with E-state index in [0.717, 1.165) is 18.6 Å². The van der Waals surface area contributed by atoms with Gasteiger partial charge in [0.1, 0.15) is 6.10 Å². The number of carbonyl (C=O) groups is 1. The molecule has 1 aliphatic carbocycles. The lowest BCUT2D eigenvalue weighted by atomic mass is 9.95. The van der Waals surface area contributed by atoms with Crippen LogP contribution in [-0.4, -0.2) is 42.0 Å². The van der Waals surface area contributed by atoms with E-state index in [2.05, 4.69) is 5.32 Å². The summed E-state index contributed by atoms with van der Waals surface area (Å²) in [5.74, 6) is 0.775. The molecule has 5 heteroatoms. The number of hydrogen-bond donors (Lipinski definition) is 2. The fourth-order valence-electron chi connectivity index (χ4n) is 1.18. The summed E-state index contributed by atoms with van der Waals surface area (Å²) in [6.45, 7) is 0.224. The van der Waals surface area contributed by atoms with Crippen molar-refractivity contribution >= 4 is 17.9 Å². The van der Waals surface area contributed by atoms with Crippen LogP contribution in [0.2, 0.25) is 0 Å². The van der Waals surface area contributed by atoms with Gasteiger partial charge in [0.15, 0.2) is 0 Å². The minimum absolute atomic E-state index is 0.0798. The Morgan fingerprint density at radius 1 is 1.69 bits per heavy atom. The maximum atomic E-state index is 10.8. The summed E-state index contributed by atoms with van der Waals surface area (Å²) in [4.78, 5) is 10.8. The zero-order valence-corrected chi connectivity index (χ0v) is 8.47. The first-order valence-corrected chi connectivity index (χ1v) is 5.42. The molecule has 0 aromatic heterocycles. The molecule has 13 heavy (non-hydrogen) atoms. The normalized spacial score (nSPS) is 26.3. The monoisotopic (exact) mass is 205 g/mol. The molecule has 0 bridgehead atoms. The molecule has 0 saturated heterocycles. The predicted octanol–water partition coefficient (Wildman–Crippen LogP) is 0.599. The van der Waals surface area contributed by atoms with E-state index >= 15 is 0 Å². The number of aliphatic hydroxyl groups is 1. The van der Waals surface area contributed by atoms with E-state index in [0.29, 0.717) is 5.25 Å². The van der Waals surface area contributed by atoms with Gasteiger partial charge in [0.2, 0.25) is 0 Å². The van der Waals surface area contributed by atoms with Gasteiger partial charge in [0.25, 0.3) is 0 Å². The number of rotatable bonds is 4. The van der Waals surface area contributed by atoms with Crippen LogP contribution < -0.4 is 5.32 Å². The van der Waals surface area contributed by atoms with E-state index in [1.165, 1.54) is 0 Å². The number of amides is 1. The molecule has 2 N–H and O–H groups in total. The molecule has 0 aromatic carbocycles. The molecule has 4 nitrogen and oxygen atoms in total. The largest absolute Gasteiger partial charge is 0.446 e. The van der Waals surface area contributed by atoms with Crippen molar-refractivity contribution in [3.05, 3.63) is 0 Å². The van der Waals surface area contributed by atoms with Gasteiger partial charge in [-0.2, -0.15) is 11.8 Å². The number of hydrogen-bond acceptors (Lipinski definition) is 4. The minimum atomic E-state index is -0.351. The molecule has 1 saturated carbocycles. The minimum Gasteiger partial charge on any atom is -0.446 e. The highest BCUT2D eigenvalue weighted by Crippen LogP contribution is 2.33. The summed E-state index contributed by atoms with van der Waals surface area (Å²) in [5.41, 5.74) is 0. The van der Waals surface area contributed by atoms with Crippen LogP contribution in [0.15, 0.2) is 0 Å². The maximum Gasteiger partial charge on any atom is 0.407 e. The molecule has 0 aromatic rings. The third-order valence-corrected chi connectivity index (χ3v) is 3.25. The summed E-state index contributed by atoms with van der Waals surface area (Å²) < 4.78 is 5.02. The second-order valence-electron chi connectivity index (χ2n) is 2.97. The Morgan fingerprint density at radius 3 is 2.92 bits per heavy atom. The molecule has 0 atom stereocenters. The van der Waals surface area contributed by atoms with Crippen molar-refractivity contribution < 1.29 is 14.6 Å². The van der Waals surface area contributed by atoms with Gasteiger partial charge in [-0.15, -0.1) is 0 Å².